The fourth-order valence-corrected chi connectivity index (χ4v) is 2.77. The lowest BCUT2D eigenvalue weighted by Gasteiger charge is -2.39. The molecular weight excluding hydrogens is 184 g/mol. The van der Waals surface area contributed by atoms with Crippen LogP contribution in [0.4, 0.5) is 0 Å². The maximum Gasteiger partial charge on any atom is 0.122 e. The van der Waals surface area contributed by atoms with Gasteiger partial charge in [-0.3, -0.25) is 0 Å². The van der Waals surface area contributed by atoms with Crippen molar-refractivity contribution in [3.05, 3.63) is 12.2 Å². The van der Waals surface area contributed by atoms with Crippen molar-refractivity contribution < 1.29 is 4.79 Å². The molecule has 3 atom stereocenters. The van der Waals surface area contributed by atoms with Gasteiger partial charge in [0.1, 0.15) is 6.29 Å². The van der Waals surface area contributed by atoms with Gasteiger partial charge in [0, 0.05) is 5.92 Å². The van der Waals surface area contributed by atoms with Crippen LogP contribution in [0.25, 0.3) is 0 Å². The predicted molar refractivity (Wildman–Crippen MR) is 64.7 cm³/mol. The lowest BCUT2D eigenvalue weighted by Crippen LogP contribution is -2.30. The van der Waals surface area contributed by atoms with Crippen molar-refractivity contribution in [2.24, 2.45) is 23.2 Å². The summed E-state index contributed by atoms with van der Waals surface area (Å²) in [6, 6.07) is 0. The first kappa shape index (κ1) is 12.5. The molecular formula is C14H24O. The molecule has 0 aromatic heterocycles. The van der Waals surface area contributed by atoms with Crippen molar-refractivity contribution in [1.29, 1.82) is 0 Å². The van der Waals surface area contributed by atoms with E-state index in [1.165, 1.54) is 12.8 Å². The Balaban J connectivity index is 2.58. The minimum Gasteiger partial charge on any atom is -0.303 e. The van der Waals surface area contributed by atoms with Crippen LogP contribution < -0.4 is 0 Å². The fourth-order valence-electron chi connectivity index (χ4n) is 2.77. The van der Waals surface area contributed by atoms with E-state index in [1.54, 1.807) is 0 Å². The Kier molecular flexibility index (Phi) is 4.12. The summed E-state index contributed by atoms with van der Waals surface area (Å²) in [5.41, 5.74) is 0.306. The van der Waals surface area contributed by atoms with Gasteiger partial charge < -0.3 is 4.79 Å². The number of aldehydes is 1. The molecule has 1 nitrogen and oxygen atoms in total. The molecule has 15 heavy (non-hydrogen) atoms. The predicted octanol–water partition coefficient (Wildman–Crippen LogP) is 3.84. The molecule has 0 heterocycles. The van der Waals surface area contributed by atoms with Gasteiger partial charge in [-0.15, -0.1) is 0 Å². The van der Waals surface area contributed by atoms with Crippen LogP contribution in [0.5, 0.6) is 0 Å². The highest BCUT2D eigenvalue weighted by Gasteiger charge is 2.33. The summed E-state index contributed by atoms with van der Waals surface area (Å²) in [4.78, 5) is 10.6. The van der Waals surface area contributed by atoms with Crippen LogP contribution in [0.2, 0.25) is 0 Å². The summed E-state index contributed by atoms with van der Waals surface area (Å²) in [5.74, 6) is 1.70. The number of carbonyl (C=O) groups is 1. The third-order valence-corrected chi connectivity index (χ3v) is 3.86. The molecule has 0 radical (unpaired) electrons. The zero-order valence-electron chi connectivity index (χ0n) is 10.5. The van der Waals surface area contributed by atoms with Gasteiger partial charge in [-0.1, -0.05) is 39.8 Å². The van der Waals surface area contributed by atoms with Crippen molar-refractivity contribution in [2.75, 3.05) is 0 Å². The minimum absolute atomic E-state index is 0.221. The van der Waals surface area contributed by atoms with Crippen LogP contribution in [0.15, 0.2) is 12.2 Å². The number of carbonyl (C=O) groups excluding carboxylic acids is 1. The van der Waals surface area contributed by atoms with Gasteiger partial charge in [0.15, 0.2) is 0 Å². The van der Waals surface area contributed by atoms with E-state index in [9.17, 15) is 4.79 Å². The third kappa shape index (κ3) is 3.19. The molecule has 0 fully saturated rings. The highest BCUT2D eigenvalue weighted by Crippen LogP contribution is 2.42. The van der Waals surface area contributed by atoms with Gasteiger partial charge in [0.2, 0.25) is 0 Å². The molecule has 0 aromatic carbocycles. The summed E-state index contributed by atoms with van der Waals surface area (Å²) >= 11 is 0. The lowest BCUT2D eigenvalue weighted by atomic mass is 9.66. The maximum absolute atomic E-state index is 10.6. The van der Waals surface area contributed by atoms with Crippen LogP contribution in [-0.2, 0) is 4.79 Å². The SMILES string of the molecule is CC(C=O)CCC1C(C)CC=CC1(C)C. The van der Waals surface area contributed by atoms with E-state index >= 15 is 0 Å². The molecule has 1 heteroatoms. The third-order valence-electron chi connectivity index (χ3n) is 3.86. The van der Waals surface area contributed by atoms with Crippen LogP contribution in [0.1, 0.15) is 47.0 Å². The summed E-state index contributed by atoms with van der Waals surface area (Å²) in [7, 11) is 0. The van der Waals surface area contributed by atoms with Gasteiger partial charge >= 0.3 is 0 Å². The Labute approximate surface area is 93.9 Å². The van der Waals surface area contributed by atoms with E-state index < -0.39 is 0 Å². The van der Waals surface area contributed by atoms with Crippen LogP contribution in [-0.4, -0.2) is 6.29 Å². The van der Waals surface area contributed by atoms with Crippen LogP contribution in [0.3, 0.4) is 0 Å². The van der Waals surface area contributed by atoms with Crippen molar-refractivity contribution >= 4 is 6.29 Å². The Bertz CT molecular complexity index is 240. The zero-order valence-corrected chi connectivity index (χ0v) is 10.5. The second kappa shape index (κ2) is 4.96. The maximum atomic E-state index is 10.6. The van der Waals surface area contributed by atoms with E-state index in [-0.39, 0.29) is 5.92 Å². The van der Waals surface area contributed by atoms with Gasteiger partial charge in [0.25, 0.3) is 0 Å². The fraction of sp³-hybridized carbons (Fsp3) is 0.786. The largest absolute Gasteiger partial charge is 0.303 e. The highest BCUT2D eigenvalue weighted by atomic mass is 16.1. The standard InChI is InChI=1S/C14H24O/c1-11(10-15)7-8-13-12(2)6-5-9-14(13,3)4/h5,9-13H,6-8H2,1-4H3. The molecule has 0 bridgehead atoms. The van der Waals surface area contributed by atoms with Gasteiger partial charge in [-0.05, 0) is 36.5 Å². The van der Waals surface area contributed by atoms with E-state index in [4.69, 9.17) is 0 Å². The van der Waals surface area contributed by atoms with Gasteiger partial charge in [-0.2, -0.15) is 0 Å². The second-order valence-corrected chi connectivity index (χ2v) is 5.73. The molecule has 0 aromatic rings. The smallest absolute Gasteiger partial charge is 0.122 e. The highest BCUT2D eigenvalue weighted by molar-refractivity contribution is 5.52. The first-order valence-corrected chi connectivity index (χ1v) is 6.10. The van der Waals surface area contributed by atoms with E-state index in [1.807, 2.05) is 6.92 Å². The van der Waals surface area contributed by atoms with Crippen molar-refractivity contribution in [3.63, 3.8) is 0 Å². The molecule has 0 amide bonds. The number of hydrogen-bond donors (Lipinski definition) is 0. The number of hydrogen-bond acceptors (Lipinski definition) is 1. The lowest BCUT2D eigenvalue weighted by molar-refractivity contribution is -0.111. The molecule has 1 aliphatic carbocycles. The number of allylic oxidation sites excluding steroid dienone is 2. The number of rotatable bonds is 4. The average molecular weight is 208 g/mol. The molecule has 1 aliphatic rings. The first-order valence-electron chi connectivity index (χ1n) is 6.10. The molecule has 0 saturated heterocycles. The summed E-state index contributed by atoms with van der Waals surface area (Å²) < 4.78 is 0. The molecule has 86 valence electrons. The monoisotopic (exact) mass is 208 g/mol. The summed E-state index contributed by atoms with van der Waals surface area (Å²) in [5, 5.41) is 0. The van der Waals surface area contributed by atoms with Crippen molar-refractivity contribution in [2.45, 2.75) is 47.0 Å². The Hall–Kier alpha value is -0.590. The van der Waals surface area contributed by atoms with E-state index in [0.29, 0.717) is 5.41 Å². The van der Waals surface area contributed by atoms with E-state index in [2.05, 4.69) is 32.9 Å². The molecule has 3 unspecified atom stereocenters. The van der Waals surface area contributed by atoms with Crippen LogP contribution in [0, 0.1) is 23.2 Å². The summed E-state index contributed by atoms with van der Waals surface area (Å²) in [6.45, 7) is 8.98. The topological polar surface area (TPSA) is 17.1 Å². The Morgan fingerprint density at radius 3 is 2.73 bits per heavy atom. The second-order valence-electron chi connectivity index (χ2n) is 5.73. The quantitative estimate of drug-likeness (QED) is 0.507. The molecule has 0 N–H and O–H groups in total. The van der Waals surface area contributed by atoms with Crippen molar-refractivity contribution in [3.8, 4) is 0 Å². The minimum atomic E-state index is 0.221. The normalized spacial score (nSPS) is 31.2. The molecule has 0 saturated carbocycles. The van der Waals surface area contributed by atoms with Crippen molar-refractivity contribution in [1.82, 2.24) is 0 Å². The Morgan fingerprint density at radius 2 is 2.20 bits per heavy atom. The zero-order chi connectivity index (χ0) is 11.5. The molecule has 1 rings (SSSR count). The average Bonchev–Trinajstić information content (AvgIpc) is 2.15. The first-order chi connectivity index (χ1) is 6.97. The van der Waals surface area contributed by atoms with Gasteiger partial charge in [-0.25, -0.2) is 0 Å². The molecule has 0 spiro atoms. The van der Waals surface area contributed by atoms with Gasteiger partial charge in [0.05, 0.1) is 0 Å². The Morgan fingerprint density at radius 1 is 1.53 bits per heavy atom. The van der Waals surface area contributed by atoms with E-state index in [0.717, 1.165) is 24.5 Å². The van der Waals surface area contributed by atoms with Crippen LogP contribution >= 0.6 is 0 Å². The summed E-state index contributed by atoms with van der Waals surface area (Å²) in [6.07, 6.45) is 9.15. The molecule has 0 aliphatic heterocycles.